The van der Waals surface area contributed by atoms with Crippen molar-refractivity contribution in [1.29, 1.82) is 0 Å². The van der Waals surface area contributed by atoms with E-state index < -0.39 is 0 Å². The topological polar surface area (TPSA) is 76.0 Å². The maximum atomic E-state index is 12.9. The zero-order chi connectivity index (χ0) is 23.2. The van der Waals surface area contributed by atoms with Crippen molar-refractivity contribution in [2.75, 3.05) is 6.54 Å². The van der Waals surface area contributed by atoms with Gasteiger partial charge in [0.15, 0.2) is 0 Å². The first-order chi connectivity index (χ1) is 16.0. The molecule has 1 atom stereocenters. The molecule has 6 nitrogen and oxygen atoms in total. The number of benzene rings is 3. The summed E-state index contributed by atoms with van der Waals surface area (Å²) in [5.41, 5.74) is 4.40. The van der Waals surface area contributed by atoms with E-state index in [1.165, 1.54) is 0 Å². The maximum absolute atomic E-state index is 12.9. The SMILES string of the molecule is Cc1ccccc1C(=O)NCCc1nc2ccccc2n1CC(=O)NC(C)c1ccccc1. The van der Waals surface area contributed by atoms with Gasteiger partial charge in [-0.3, -0.25) is 9.59 Å². The predicted octanol–water partition coefficient (Wildman–Crippen LogP) is 4.19. The molecule has 0 aliphatic carbocycles. The zero-order valence-electron chi connectivity index (χ0n) is 18.9. The number of hydrogen-bond acceptors (Lipinski definition) is 3. The Bertz CT molecular complexity index is 1260. The molecule has 33 heavy (non-hydrogen) atoms. The van der Waals surface area contributed by atoms with Gasteiger partial charge in [-0.2, -0.15) is 0 Å². The van der Waals surface area contributed by atoms with Crippen molar-refractivity contribution >= 4 is 22.8 Å². The molecule has 4 aromatic rings. The van der Waals surface area contributed by atoms with Gasteiger partial charge < -0.3 is 15.2 Å². The zero-order valence-corrected chi connectivity index (χ0v) is 18.9. The molecule has 4 rings (SSSR count). The van der Waals surface area contributed by atoms with Gasteiger partial charge in [0, 0.05) is 18.5 Å². The maximum Gasteiger partial charge on any atom is 0.251 e. The van der Waals surface area contributed by atoms with E-state index in [0.29, 0.717) is 18.5 Å². The lowest BCUT2D eigenvalue weighted by molar-refractivity contribution is -0.122. The molecule has 0 saturated heterocycles. The minimum absolute atomic E-state index is 0.0836. The van der Waals surface area contributed by atoms with Gasteiger partial charge in [-0.1, -0.05) is 60.7 Å². The molecule has 0 fully saturated rings. The van der Waals surface area contributed by atoms with Gasteiger partial charge in [-0.05, 0) is 43.2 Å². The molecular weight excluding hydrogens is 412 g/mol. The number of aryl methyl sites for hydroxylation is 1. The number of imidazole rings is 1. The molecule has 0 radical (unpaired) electrons. The number of nitrogens with zero attached hydrogens (tertiary/aromatic N) is 2. The highest BCUT2D eigenvalue weighted by molar-refractivity contribution is 5.95. The van der Waals surface area contributed by atoms with Crippen LogP contribution in [0.25, 0.3) is 11.0 Å². The first kappa shape index (κ1) is 22.3. The minimum atomic E-state index is -0.106. The van der Waals surface area contributed by atoms with Crippen molar-refractivity contribution in [3.8, 4) is 0 Å². The summed E-state index contributed by atoms with van der Waals surface area (Å²) in [6.45, 7) is 4.49. The molecule has 0 aliphatic heterocycles. The number of amides is 2. The standard InChI is InChI=1S/C27H28N4O2/c1-19-10-6-7-13-22(19)27(33)28-17-16-25-30-23-14-8-9-15-24(23)31(25)18-26(32)29-20(2)21-11-4-3-5-12-21/h3-15,20H,16-18H2,1-2H3,(H,28,33)(H,29,32). The Balaban J connectivity index is 1.46. The quantitative estimate of drug-likeness (QED) is 0.431. The fourth-order valence-electron chi connectivity index (χ4n) is 3.96. The van der Waals surface area contributed by atoms with Crippen LogP contribution in [0.5, 0.6) is 0 Å². The van der Waals surface area contributed by atoms with Gasteiger partial charge in [0.25, 0.3) is 5.91 Å². The van der Waals surface area contributed by atoms with Crippen molar-refractivity contribution in [1.82, 2.24) is 20.2 Å². The van der Waals surface area contributed by atoms with Gasteiger partial charge in [0.1, 0.15) is 12.4 Å². The summed E-state index contributed by atoms with van der Waals surface area (Å²) < 4.78 is 1.93. The van der Waals surface area contributed by atoms with Gasteiger partial charge in [-0.15, -0.1) is 0 Å². The van der Waals surface area contributed by atoms with Crippen LogP contribution in [0, 0.1) is 6.92 Å². The van der Waals surface area contributed by atoms with Crippen LogP contribution in [-0.2, 0) is 17.8 Å². The van der Waals surface area contributed by atoms with E-state index in [-0.39, 0.29) is 24.4 Å². The van der Waals surface area contributed by atoms with Crippen molar-refractivity contribution < 1.29 is 9.59 Å². The molecule has 0 aliphatic rings. The number of carbonyl (C=O) groups excluding carboxylic acids is 2. The van der Waals surface area contributed by atoms with Crippen LogP contribution in [0.3, 0.4) is 0 Å². The summed E-state index contributed by atoms with van der Waals surface area (Å²) in [7, 11) is 0. The van der Waals surface area contributed by atoms with Gasteiger partial charge >= 0.3 is 0 Å². The number of carbonyl (C=O) groups is 2. The second-order valence-electron chi connectivity index (χ2n) is 8.12. The average molecular weight is 441 g/mol. The Hall–Kier alpha value is -3.93. The van der Waals surface area contributed by atoms with Crippen molar-refractivity contribution in [3.05, 3.63) is 101 Å². The van der Waals surface area contributed by atoms with E-state index in [0.717, 1.165) is 28.0 Å². The summed E-state index contributed by atoms with van der Waals surface area (Å²) in [4.78, 5) is 30.1. The van der Waals surface area contributed by atoms with Crippen LogP contribution in [-0.4, -0.2) is 27.9 Å². The first-order valence-electron chi connectivity index (χ1n) is 11.1. The molecule has 0 bridgehead atoms. The van der Waals surface area contributed by atoms with E-state index in [9.17, 15) is 9.59 Å². The Kier molecular flexibility index (Phi) is 6.83. The van der Waals surface area contributed by atoms with Gasteiger partial charge in [0.05, 0.1) is 17.1 Å². The summed E-state index contributed by atoms with van der Waals surface area (Å²) in [5.74, 6) is 0.577. The van der Waals surface area contributed by atoms with Crippen LogP contribution in [0.15, 0.2) is 78.9 Å². The van der Waals surface area contributed by atoms with Crippen LogP contribution in [0.2, 0.25) is 0 Å². The second kappa shape index (κ2) is 10.1. The minimum Gasteiger partial charge on any atom is -0.352 e. The van der Waals surface area contributed by atoms with Gasteiger partial charge in [0.2, 0.25) is 5.91 Å². The van der Waals surface area contributed by atoms with E-state index >= 15 is 0 Å². The fraction of sp³-hybridized carbons (Fsp3) is 0.222. The fourth-order valence-corrected chi connectivity index (χ4v) is 3.96. The van der Waals surface area contributed by atoms with E-state index in [1.54, 1.807) is 0 Å². The highest BCUT2D eigenvalue weighted by Crippen LogP contribution is 2.17. The Labute approximate surface area is 193 Å². The van der Waals surface area contributed by atoms with Crippen molar-refractivity contribution in [2.45, 2.75) is 32.9 Å². The molecule has 0 saturated carbocycles. The number of hydrogen-bond donors (Lipinski definition) is 2. The Morgan fingerprint density at radius 2 is 1.64 bits per heavy atom. The highest BCUT2D eigenvalue weighted by Gasteiger charge is 2.16. The van der Waals surface area contributed by atoms with E-state index in [2.05, 4.69) is 10.6 Å². The van der Waals surface area contributed by atoms with Gasteiger partial charge in [-0.25, -0.2) is 4.98 Å². The molecule has 168 valence electrons. The number of nitrogens with one attached hydrogen (secondary N) is 2. The molecule has 2 amide bonds. The number of para-hydroxylation sites is 2. The second-order valence-corrected chi connectivity index (χ2v) is 8.12. The number of fused-ring (bicyclic) bond motifs is 1. The normalized spacial score (nSPS) is 11.8. The summed E-state index contributed by atoms with van der Waals surface area (Å²) in [6, 6.07) is 25.1. The van der Waals surface area contributed by atoms with Crippen LogP contribution in [0.4, 0.5) is 0 Å². The predicted molar refractivity (Wildman–Crippen MR) is 130 cm³/mol. The van der Waals surface area contributed by atoms with Crippen LogP contribution < -0.4 is 10.6 Å². The van der Waals surface area contributed by atoms with Crippen LogP contribution in [0.1, 0.15) is 40.3 Å². The molecule has 6 heteroatoms. The highest BCUT2D eigenvalue weighted by atomic mass is 16.2. The molecule has 2 N–H and O–H groups in total. The molecule has 1 aromatic heterocycles. The smallest absolute Gasteiger partial charge is 0.251 e. The average Bonchev–Trinajstić information content (AvgIpc) is 3.17. The van der Waals surface area contributed by atoms with Crippen molar-refractivity contribution in [3.63, 3.8) is 0 Å². The molecule has 3 aromatic carbocycles. The Morgan fingerprint density at radius 1 is 0.939 bits per heavy atom. The third kappa shape index (κ3) is 5.29. The largest absolute Gasteiger partial charge is 0.352 e. The van der Waals surface area contributed by atoms with E-state index in [1.807, 2.05) is 97.3 Å². The molecular formula is C27H28N4O2. The molecule has 1 unspecified atom stereocenters. The lowest BCUT2D eigenvalue weighted by Crippen LogP contribution is -2.31. The number of aromatic nitrogens is 2. The third-order valence-corrected chi connectivity index (χ3v) is 5.74. The number of rotatable bonds is 8. The van der Waals surface area contributed by atoms with Crippen LogP contribution >= 0.6 is 0 Å². The third-order valence-electron chi connectivity index (χ3n) is 5.74. The lowest BCUT2D eigenvalue weighted by atomic mass is 10.1. The van der Waals surface area contributed by atoms with Crippen molar-refractivity contribution in [2.24, 2.45) is 0 Å². The van der Waals surface area contributed by atoms with E-state index in [4.69, 9.17) is 4.98 Å². The summed E-state index contributed by atoms with van der Waals surface area (Å²) in [6.07, 6.45) is 0.522. The lowest BCUT2D eigenvalue weighted by Gasteiger charge is -2.16. The Morgan fingerprint density at radius 3 is 2.42 bits per heavy atom. The summed E-state index contributed by atoms with van der Waals surface area (Å²) in [5, 5.41) is 6.05. The molecule has 1 heterocycles. The summed E-state index contributed by atoms with van der Waals surface area (Å²) >= 11 is 0. The molecule has 0 spiro atoms. The first-order valence-corrected chi connectivity index (χ1v) is 11.1. The monoisotopic (exact) mass is 440 g/mol.